The van der Waals surface area contributed by atoms with Crippen LogP contribution in [0.3, 0.4) is 0 Å². The van der Waals surface area contributed by atoms with E-state index in [-0.39, 0.29) is 7.43 Å². The summed E-state index contributed by atoms with van der Waals surface area (Å²) in [6, 6.07) is 30.0. The molecule has 0 unspecified atom stereocenters. The summed E-state index contributed by atoms with van der Waals surface area (Å²) in [6.07, 6.45) is 10.0. The predicted molar refractivity (Wildman–Crippen MR) is 176 cm³/mol. The van der Waals surface area contributed by atoms with Crippen molar-refractivity contribution in [2.24, 2.45) is 0 Å². The highest BCUT2D eigenvalue weighted by atomic mass is 16.5. The van der Waals surface area contributed by atoms with Gasteiger partial charge in [-0.3, -0.25) is 0 Å². The lowest BCUT2D eigenvalue weighted by Crippen LogP contribution is -2.32. The molecule has 3 aromatic carbocycles. The summed E-state index contributed by atoms with van der Waals surface area (Å²) >= 11 is 0. The third-order valence-electron chi connectivity index (χ3n) is 5.35. The first-order valence-electron chi connectivity index (χ1n) is 13.7. The van der Waals surface area contributed by atoms with Gasteiger partial charge in [-0.15, -0.1) is 6.58 Å². The molecule has 0 saturated carbocycles. The zero-order valence-corrected chi connectivity index (χ0v) is 24.9. The third kappa shape index (κ3) is 23.9. The van der Waals surface area contributed by atoms with Crippen molar-refractivity contribution in [2.75, 3.05) is 47.6 Å². The molecule has 0 aliphatic carbocycles. The number of methoxy groups -OCH3 is 3. The summed E-state index contributed by atoms with van der Waals surface area (Å²) in [5, 5.41) is 0. The summed E-state index contributed by atoms with van der Waals surface area (Å²) in [5.74, 6) is 0.910. The second kappa shape index (κ2) is 30.4. The zero-order valence-electron chi connectivity index (χ0n) is 24.9. The van der Waals surface area contributed by atoms with Crippen LogP contribution in [-0.4, -0.2) is 52.5 Å². The molecule has 0 N–H and O–H groups in total. The number of hydrogen-bond donors (Lipinski definition) is 0. The minimum atomic E-state index is 0. The number of rotatable bonds is 7. The van der Waals surface area contributed by atoms with E-state index in [1.807, 2.05) is 98.8 Å². The molecule has 222 valence electrons. The SMILES string of the molecule is C.C=CC.CC=Cc1ccccc1.COCCN1CCCCC1.COCc1ccccc1.COc1ccccc1. The van der Waals surface area contributed by atoms with E-state index in [4.69, 9.17) is 14.2 Å². The minimum Gasteiger partial charge on any atom is -0.497 e. The number of likely N-dealkylation sites (tertiary alicyclic amines) is 1. The van der Waals surface area contributed by atoms with Gasteiger partial charge >= 0.3 is 0 Å². The Morgan fingerprint density at radius 3 is 1.65 bits per heavy atom. The molecular weight excluding hydrogens is 494 g/mol. The lowest BCUT2D eigenvalue weighted by Gasteiger charge is -2.25. The van der Waals surface area contributed by atoms with Gasteiger partial charge in [0.2, 0.25) is 0 Å². The number of benzene rings is 3. The van der Waals surface area contributed by atoms with Crippen molar-refractivity contribution in [3.05, 3.63) is 121 Å². The van der Waals surface area contributed by atoms with Crippen LogP contribution in [-0.2, 0) is 16.1 Å². The first kappa shape index (κ1) is 39.0. The Hall–Kier alpha value is -3.18. The monoisotopic (exact) mass is 549 g/mol. The molecule has 0 atom stereocenters. The van der Waals surface area contributed by atoms with Gasteiger partial charge in [-0.2, -0.15) is 0 Å². The van der Waals surface area contributed by atoms with Gasteiger partial charge in [0.05, 0.1) is 20.3 Å². The Morgan fingerprint density at radius 1 is 0.725 bits per heavy atom. The summed E-state index contributed by atoms with van der Waals surface area (Å²) in [7, 11) is 5.13. The van der Waals surface area contributed by atoms with Gasteiger partial charge in [0.15, 0.2) is 0 Å². The Bertz CT molecular complexity index is 909. The summed E-state index contributed by atoms with van der Waals surface area (Å²) in [5.41, 5.74) is 2.49. The summed E-state index contributed by atoms with van der Waals surface area (Å²) < 4.78 is 14.8. The fourth-order valence-corrected chi connectivity index (χ4v) is 3.46. The van der Waals surface area contributed by atoms with Crippen LogP contribution >= 0.6 is 0 Å². The highest BCUT2D eigenvalue weighted by Crippen LogP contribution is 2.07. The zero-order chi connectivity index (χ0) is 28.8. The molecule has 4 rings (SSSR count). The molecule has 0 bridgehead atoms. The van der Waals surface area contributed by atoms with Crippen molar-refractivity contribution in [1.29, 1.82) is 0 Å². The molecular formula is C36H55NO3. The second-order valence-corrected chi connectivity index (χ2v) is 8.65. The van der Waals surface area contributed by atoms with Crippen LogP contribution in [0.15, 0.2) is 110 Å². The van der Waals surface area contributed by atoms with Crippen LogP contribution in [0.4, 0.5) is 0 Å². The highest BCUT2D eigenvalue weighted by molar-refractivity contribution is 5.47. The van der Waals surface area contributed by atoms with Crippen molar-refractivity contribution in [3.8, 4) is 5.75 Å². The van der Waals surface area contributed by atoms with Gasteiger partial charge in [-0.25, -0.2) is 0 Å². The standard InChI is InChI=1S/C9H10.C8H17NO.C8H10O.C7H8O.C3H6.CH4/c1-2-6-9-7-4-3-5-8-9;1-10-8-7-9-5-3-2-4-6-9;1-9-7-8-5-3-2-4-6-8;1-8-7-5-3-2-4-6-7;1-3-2;/h2-8H,1H3;2-8H2,1H3;2-6H,7H2,1H3;2-6H,1H3;3H,1H2,2H3;1H4. The normalized spacial score (nSPS) is 11.8. The maximum atomic E-state index is 5.00. The van der Waals surface area contributed by atoms with E-state index < -0.39 is 0 Å². The average molecular weight is 550 g/mol. The molecule has 0 amide bonds. The maximum Gasteiger partial charge on any atom is 0.118 e. The van der Waals surface area contributed by atoms with E-state index in [2.05, 4.69) is 29.7 Å². The molecule has 1 aliphatic rings. The van der Waals surface area contributed by atoms with Gasteiger partial charge < -0.3 is 19.1 Å². The second-order valence-electron chi connectivity index (χ2n) is 8.65. The Kier molecular flexibility index (Phi) is 29.6. The van der Waals surface area contributed by atoms with Crippen molar-refractivity contribution in [1.82, 2.24) is 4.90 Å². The number of ether oxygens (including phenoxy) is 3. The minimum absolute atomic E-state index is 0. The molecule has 4 nitrogen and oxygen atoms in total. The van der Waals surface area contributed by atoms with Crippen LogP contribution in [0.2, 0.25) is 0 Å². The molecule has 1 heterocycles. The lowest BCUT2D eigenvalue weighted by atomic mass is 10.1. The van der Waals surface area contributed by atoms with Crippen LogP contribution < -0.4 is 4.74 Å². The Labute approximate surface area is 246 Å². The van der Waals surface area contributed by atoms with E-state index in [1.165, 1.54) is 43.5 Å². The van der Waals surface area contributed by atoms with Gasteiger partial charge in [0.1, 0.15) is 5.75 Å². The van der Waals surface area contributed by atoms with Gasteiger partial charge in [0, 0.05) is 20.8 Å². The van der Waals surface area contributed by atoms with E-state index in [0.717, 1.165) is 18.9 Å². The first-order valence-corrected chi connectivity index (χ1v) is 13.7. The van der Waals surface area contributed by atoms with Crippen molar-refractivity contribution in [3.63, 3.8) is 0 Å². The Morgan fingerprint density at radius 2 is 1.23 bits per heavy atom. The lowest BCUT2D eigenvalue weighted by molar-refractivity contribution is 0.135. The van der Waals surface area contributed by atoms with Gasteiger partial charge in [-0.1, -0.05) is 111 Å². The average Bonchev–Trinajstić information content (AvgIpc) is 3.00. The molecule has 1 saturated heterocycles. The molecule has 0 spiro atoms. The number of hydrogen-bond acceptors (Lipinski definition) is 4. The van der Waals surface area contributed by atoms with E-state index in [0.29, 0.717) is 6.61 Å². The van der Waals surface area contributed by atoms with E-state index in [9.17, 15) is 0 Å². The van der Waals surface area contributed by atoms with Crippen molar-refractivity contribution < 1.29 is 14.2 Å². The number of nitrogens with zero attached hydrogens (tertiary/aromatic N) is 1. The molecule has 0 aromatic heterocycles. The smallest absolute Gasteiger partial charge is 0.118 e. The molecule has 1 aliphatic heterocycles. The van der Waals surface area contributed by atoms with E-state index in [1.54, 1.807) is 27.4 Å². The Balaban J connectivity index is 0. The number of para-hydroxylation sites is 1. The fourth-order valence-electron chi connectivity index (χ4n) is 3.46. The third-order valence-corrected chi connectivity index (χ3v) is 5.35. The highest BCUT2D eigenvalue weighted by Gasteiger charge is 2.08. The quantitative estimate of drug-likeness (QED) is 0.275. The molecule has 3 aromatic rings. The fraction of sp³-hybridized carbons (Fsp3) is 0.389. The number of piperidine rings is 1. The molecule has 40 heavy (non-hydrogen) atoms. The van der Waals surface area contributed by atoms with Crippen LogP contribution in [0.5, 0.6) is 5.75 Å². The molecule has 1 fully saturated rings. The van der Waals surface area contributed by atoms with Gasteiger partial charge in [0.25, 0.3) is 0 Å². The van der Waals surface area contributed by atoms with E-state index >= 15 is 0 Å². The van der Waals surface area contributed by atoms with Gasteiger partial charge in [-0.05, 0) is 63.0 Å². The largest absolute Gasteiger partial charge is 0.497 e. The summed E-state index contributed by atoms with van der Waals surface area (Å²) in [6.45, 7) is 12.6. The molecule has 4 heteroatoms. The first-order chi connectivity index (χ1) is 19.1. The maximum absolute atomic E-state index is 5.00. The van der Waals surface area contributed by atoms with Crippen LogP contribution in [0, 0.1) is 0 Å². The molecule has 0 radical (unpaired) electrons. The van der Waals surface area contributed by atoms with Crippen LogP contribution in [0.1, 0.15) is 51.7 Å². The number of allylic oxidation sites excluding steroid dienone is 2. The topological polar surface area (TPSA) is 30.9 Å². The van der Waals surface area contributed by atoms with Crippen molar-refractivity contribution in [2.45, 2.75) is 47.1 Å². The summed E-state index contributed by atoms with van der Waals surface area (Å²) in [4.78, 5) is 2.48. The van der Waals surface area contributed by atoms with Crippen LogP contribution in [0.25, 0.3) is 6.08 Å². The predicted octanol–water partition coefficient (Wildman–Crippen LogP) is 9.20. The van der Waals surface area contributed by atoms with Crippen molar-refractivity contribution >= 4 is 6.08 Å².